The Kier molecular flexibility index (Phi) is 5.02. The fourth-order valence-electron chi connectivity index (χ4n) is 7.77. The zero-order valence-corrected chi connectivity index (χ0v) is 25.3. The highest BCUT2D eigenvalue weighted by atomic mass is 16.4. The molecule has 0 amide bonds. The number of rotatable bonds is 3. The molecule has 0 unspecified atom stereocenters. The number of anilines is 3. The van der Waals surface area contributed by atoms with Gasteiger partial charge in [-0.15, -0.1) is 0 Å². The van der Waals surface area contributed by atoms with Crippen molar-refractivity contribution in [1.29, 1.82) is 0 Å². The Balaban J connectivity index is 1.28. The standard InChI is InChI=1S/C41H32N2O/c1-40(2)33-15-9-7-13-29(33)31-20-18-26(23-35(31)40)43(39-42-37-22-17-25-11-5-6-12-28(25)38(37)44-39)27-19-21-32-30-14-8-10-16-34(30)41(3,4)36(32)24-27/h5-24H,1-4H3. The minimum absolute atomic E-state index is 0.118. The summed E-state index contributed by atoms with van der Waals surface area (Å²) in [5.41, 5.74) is 14.1. The van der Waals surface area contributed by atoms with Gasteiger partial charge in [-0.1, -0.05) is 119 Å². The lowest BCUT2D eigenvalue weighted by Crippen LogP contribution is -2.18. The molecule has 0 saturated heterocycles. The van der Waals surface area contributed by atoms with Crippen molar-refractivity contribution < 1.29 is 4.42 Å². The number of nitrogens with zero attached hydrogens (tertiary/aromatic N) is 2. The van der Waals surface area contributed by atoms with E-state index < -0.39 is 0 Å². The molecule has 0 N–H and O–H groups in total. The second-order valence-corrected chi connectivity index (χ2v) is 13.3. The maximum Gasteiger partial charge on any atom is 0.307 e. The van der Waals surface area contributed by atoms with Gasteiger partial charge in [-0.05, 0) is 80.2 Å². The first kappa shape index (κ1) is 25.4. The summed E-state index contributed by atoms with van der Waals surface area (Å²) in [5, 5.41) is 2.21. The minimum Gasteiger partial charge on any atom is -0.422 e. The van der Waals surface area contributed by atoms with Gasteiger partial charge in [-0.2, -0.15) is 4.98 Å². The lowest BCUT2D eigenvalue weighted by Gasteiger charge is -2.27. The summed E-state index contributed by atoms with van der Waals surface area (Å²) in [6.07, 6.45) is 0. The summed E-state index contributed by atoms with van der Waals surface area (Å²) in [6, 6.07) is 44.4. The first-order chi connectivity index (χ1) is 21.3. The van der Waals surface area contributed by atoms with Gasteiger partial charge in [0, 0.05) is 16.2 Å². The van der Waals surface area contributed by atoms with Gasteiger partial charge in [-0.3, -0.25) is 4.90 Å². The van der Waals surface area contributed by atoms with Crippen LogP contribution in [0.2, 0.25) is 0 Å². The molecular weight excluding hydrogens is 536 g/mol. The molecule has 3 heteroatoms. The van der Waals surface area contributed by atoms with Gasteiger partial charge in [0.05, 0.1) is 11.4 Å². The van der Waals surface area contributed by atoms with E-state index in [4.69, 9.17) is 9.40 Å². The average molecular weight is 569 g/mol. The van der Waals surface area contributed by atoms with E-state index in [1.807, 2.05) is 0 Å². The average Bonchev–Trinajstić information content (AvgIpc) is 3.65. The van der Waals surface area contributed by atoms with E-state index in [0.717, 1.165) is 33.2 Å². The second-order valence-electron chi connectivity index (χ2n) is 13.3. The van der Waals surface area contributed by atoms with Crippen molar-refractivity contribution >= 4 is 39.3 Å². The zero-order chi connectivity index (χ0) is 29.8. The van der Waals surface area contributed by atoms with Crippen LogP contribution in [0.1, 0.15) is 49.9 Å². The molecule has 7 aromatic rings. The van der Waals surface area contributed by atoms with Crippen molar-refractivity contribution in [3.8, 4) is 22.3 Å². The van der Waals surface area contributed by atoms with Crippen molar-refractivity contribution in [1.82, 2.24) is 4.98 Å². The molecule has 2 aliphatic rings. The molecule has 0 aliphatic heterocycles. The summed E-state index contributed by atoms with van der Waals surface area (Å²) < 4.78 is 6.73. The summed E-state index contributed by atoms with van der Waals surface area (Å²) >= 11 is 0. The lowest BCUT2D eigenvalue weighted by molar-refractivity contribution is 0.610. The van der Waals surface area contributed by atoms with Gasteiger partial charge < -0.3 is 4.42 Å². The Hall–Kier alpha value is -5.15. The molecule has 3 nitrogen and oxygen atoms in total. The Morgan fingerprint density at radius 2 is 1.05 bits per heavy atom. The fraction of sp³-hybridized carbons (Fsp3) is 0.146. The molecule has 0 atom stereocenters. The smallest absolute Gasteiger partial charge is 0.307 e. The van der Waals surface area contributed by atoms with Gasteiger partial charge in [0.15, 0.2) is 5.58 Å². The number of aromatic nitrogens is 1. The highest BCUT2D eigenvalue weighted by Crippen LogP contribution is 2.53. The van der Waals surface area contributed by atoms with Crippen molar-refractivity contribution in [2.45, 2.75) is 38.5 Å². The van der Waals surface area contributed by atoms with Gasteiger partial charge in [0.25, 0.3) is 0 Å². The van der Waals surface area contributed by atoms with E-state index in [1.165, 1.54) is 44.5 Å². The third-order valence-corrected chi connectivity index (χ3v) is 10.1. The van der Waals surface area contributed by atoms with Crippen LogP contribution in [0, 0.1) is 0 Å². The van der Waals surface area contributed by atoms with Crippen molar-refractivity contribution in [3.63, 3.8) is 0 Å². The maximum atomic E-state index is 6.73. The van der Waals surface area contributed by atoms with Crippen molar-refractivity contribution in [2.24, 2.45) is 0 Å². The van der Waals surface area contributed by atoms with Crippen LogP contribution in [-0.2, 0) is 10.8 Å². The van der Waals surface area contributed by atoms with Gasteiger partial charge >= 0.3 is 6.01 Å². The van der Waals surface area contributed by atoms with Crippen LogP contribution in [0.5, 0.6) is 0 Å². The monoisotopic (exact) mass is 568 g/mol. The molecule has 0 saturated carbocycles. The first-order valence-corrected chi connectivity index (χ1v) is 15.4. The van der Waals surface area contributed by atoms with Gasteiger partial charge in [-0.25, -0.2) is 0 Å². The van der Waals surface area contributed by atoms with E-state index in [0.29, 0.717) is 6.01 Å². The normalized spacial score (nSPS) is 15.2. The fourth-order valence-corrected chi connectivity index (χ4v) is 7.77. The van der Waals surface area contributed by atoms with Crippen LogP contribution in [0.25, 0.3) is 44.1 Å². The second kappa shape index (κ2) is 8.70. The maximum absolute atomic E-state index is 6.73. The summed E-state index contributed by atoms with van der Waals surface area (Å²) in [4.78, 5) is 7.32. The molecule has 44 heavy (non-hydrogen) atoms. The van der Waals surface area contributed by atoms with Crippen LogP contribution < -0.4 is 4.90 Å². The SMILES string of the molecule is CC1(C)c2ccccc2-c2ccc(N(c3ccc4c(c3)C(C)(C)c3ccccc3-4)c3nc4ccc5ccccc5c4o3)cc21. The highest BCUT2D eigenvalue weighted by Gasteiger charge is 2.38. The van der Waals surface area contributed by atoms with Crippen LogP contribution in [0.15, 0.2) is 126 Å². The number of oxazole rings is 1. The predicted octanol–water partition coefficient (Wildman–Crippen LogP) is 11.1. The minimum atomic E-state index is -0.118. The molecule has 0 fully saturated rings. The third kappa shape index (κ3) is 3.35. The highest BCUT2D eigenvalue weighted by molar-refractivity contribution is 6.03. The van der Waals surface area contributed by atoms with E-state index in [9.17, 15) is 0 Å². The van der Waals surface area contributed by atoms with Gasteiger partial charge in [0.1, 0.15) is 5.52 Å². The largest absolute Gasteiger partial charge is 0.422 e. The van der Waals surface area contributed by atoms with Crippen molar-refractivity contribution in [2.75, 3.05) is 4.90 Å². The van der Waals surface area contributed by atoms with Gasteiger partial charge in [0.2, 0.25) is 0 Å². The molecule has 0 spiro atoms. The Morgan fingerprint density at radius 3 is 1.66 bits per heavy atom. The molecule has 6 aromatic carbocycles. The predicted molar refractivity (Wildman–Crippen MR) is 181 cm³/mol. The molecule has 9 rings (SSSR count). The van der Waals surface area contributed by atoms with E-state index >= 15 is 0 Å². The Morgan fingerprint density at radius 1 is 0.523 bits per heavy atom. The molecule has 1 aromatic heterocycles. The zero-order valence-electron chi connectivity index (χ0n) is 25.3. The number of hydrogen-bond donors (Lipinski definition) is 0. The van der Waals surface area contributed by atoms with Crippen LogP contribution >= 0.6 is 0 Å². The molecular formula is C41H32N2O. The number of benzene rings is 6. The summed E-state index contributed by atoms with van der Waals surface area (Å²) in [5.74, 6) is 0. The lowest BCUT2D eigenvalue weighted by atomic mass is 9.82. The molecule has 2 aliphatic carbocycles. The van der Waals surface area contributed by atoms with Crippen LogP contribution in [0.3, 0.4) is 0 Å². The topological polar surface area (TPSA) is 29.3 Å². The molecule has 0 radical (unpaired) electrons. The van der Waals surface area contributed by atoms with Crippen molar-refractivity contribution in [3.05, 3.63) is 144 Å². The molecule has 1 heterocycles. The van der Waals surface area contributed by atoms with E-state index in [1.54, 1.807) is 0 Å². The summed E-state index contributed by atoms with van der Waals surface area (Å²) in [7, 11) is 0. The molecule has 0 bridgehead atoms. The summed E-state index contributed by atoms with van der Waals surface area (Å²) in [6.45, 7) is 9.30. The van der Waals surface area contributed by atoms with E-state index in [2.05, 4.69) is 154 Å². The van der Waals surface area contributed by atoms with E-state index in [-0.39, 0.29) is 10.8 Å². The molecule has 212 valence electrons. The Bertz CT molecular complexity index is 2200. The quantitative estimate of drug-likeness (QED) is 0.212. The third-order valence-electron chi connectivity index (χ3n) is 10.1. The first-order valence-electron chi connectivity index (χ1n) is 15.4. The van der Waals surface area contributed by atoms with Crippen LogP contribution in [-0.4, -0.2) is 4.98 Å². The van der Waals surface area contributed by atoms with Crippen LogP contribution in [0.4, 0.5) is 17.4 Å². The Labute approximate surface area is 257 Å². The number of fused-ring (bicyclic) bond motifs is 9. The number of hydrogen-bond acceptors (Lipinski definition) is 3.